The van der Waals surface area contributed by atoms with Crippen LogP contribution in [0.2, 0.25) is 0 Å². The normalized spacial score (nSPS) is 22.7. The van der Waals surface area contributed by atoms with E-state index in [2.05, 4.69) is 20.2 Å². The third kappa shape index (κ3) is 3.90. The Kier molecular flexibility index (Phi) is 5.15. The minimum atomic E-state index is -0.544. The van der Waals surface area contributed by atoms with E-state index in [9.17, 15) is 9.59 Å². The summed E-state index contributed by atoms with van der Waals surface area (Å²) >= 11 is 0. The third-order valence-electron chi connectivity index (χ3n) is 6.23. The molecular formula is C23H25N5O3. The Bertz CT molecular complexity index is 1120. The number of furan rings is 1. The number of hydrogen-bond acceptors (Lipinski definition) is 6. The molecule has 0 aliphatic carbocycles. The smallest absolute Gasteiger partial charge is 0.251 e. The van der Waals surface area contributed by atoms with Gasteiger partial charge in [-0.3, -0.25) is 29.0 Å². The number of fused-ring (bicyclic) bond motifs is 4. The van der Waals surface area contributed by atoms with Crippen LogP contribution in [0.15, 0.2) is 58.2 Å². The zero-order valence-corrected chi connectivity index (χ0v) is 17.4. The second-order valence-electron chi connectivity index (χ2n) is 8.44. The van der Waals surface area contributed by atoms with Crippen LogP contribution in [0.5, 0.6) is 0 Å². The quantitative estimate of drug-likeness (QED) is 0.680. The number of carbonyl (C=O) groups excluding carboxylic acids is 1. The molecule has 1 saturated heterocycles. The lowest BCUT2D eigenvalue weighted by Gasteiger charge is -2.46. The van der Waals surface area contributed by atoms with Crippen molar-refractivity contribution in [1.29, 1.82) is 0 Å². The number of pyridine rings is 1. The summed E-state index contributed by atoms with van der Waals surface area (Å²) in [7, 11) is 0. The summed E-state index contributed by atoms with van der Waals surface area (Å²) in [5, 5.41) is 2.98. The number of likely N-dealkylation sites (tertiary alicyclic amines) is 1. The van der Waals surface area contributed by atoms with Gasteiger partial charge in [-0.15, -0.1) is 0 Å². The first-order valence-corrected chi connectivity index (χ1v) is 10.6. The van der Waals surface area contributed by atoms with Gasteiger partial charge in [0.25, 0.3) is 5.56 Å². The fourth-order valence-corrected chi connectivity index (χ4v) is 4.91. The Morgan fingerprint density at radius 1 is 1.19 bits per heavy atom. The number of piperidine rings is 1. The molecule has 0 spiro atoms. The summed E-state index contributed by atoms with van der Waals surface area (Å²) in [6.45, 7) is 4.43. The average Bonchev–Trinajstić information content (AvgIpc) is 3.27. The van der Waals surface area contributed by atoms with Crippen molar-refractivity contribution in [2.24, 2.45) is 5.92 Å². The molecular weight excluding hydrogens is 394 g/mol. The van der Waals surface area contributed by atoms with Crippen LogP contribution >= 0.6 is 0 Å². The molecule has 5 heterocycles. The van der Waals surface area contributed by atoms with E-state index < -0.39 is 6.04 Å². The lowest BCUT2D eigenvalue weighted by molar-refractivity contribution is -0.128. The van der Waals surface area contributed by atoms with Crippen molar-refractivity contribution in [3.05, 3.63) is 82.2 Å². The van der Waals surface area contributed by atoms with Gasteiger partial charge < -0.3 is 9.73 Å². The van der Waals surface area contributed by atoms with Crippen LogP contribution in [0.25, 0.3) is 0 Å². The molecule has 3 aromatic heterocycles. The zero-order chi connectivity index (χ0) is 21.4. The summed E-state index contributed by atoms with van der Waals surface area (Å²) in [6, 6.07) is 8.62. The highest BCUT2D eigenvalue weighted by atomic mass is 16.3. The molecule has 0 unspecified atom stereocenters. The summed E-state index contributed by atoms with van der Waals surface area (Å²) in [5.41, 5.74) is 2.33. The Labute approximate surface area is 179 Å². The number of rotatable bonds is 5. The van der Waals surface area contributed by atoms with Crippen molar-refractivity contribution < 1.29 is 9.21 Å². The molecule has 1 N–H and O–H groups in total. The number of hydrogen-bond donors (Lipinski definition) is 1. The van der Waals surface area contributed by atoms with Gasteiger partial charge in [0.05, 0.1) is 36.9 Å². The molecule has 0 aromatic carbocycles. The van der Waals surface area contributed by atoms with E-state index in [1.807, 2.05) is 25.1 Å². The number of amides is 1. The van der Waals surface area contributed by atoms with E-state index in [-0.39, 0.29) is 29.8 Å². The molecule has 8 nitrogen and oxygen atoms in total. The van der Waals surface area contributed by atoms with Crippen LogP contribution in [0.4, 0.5) is 0 Å². The predicted octanol–water partition coefficient (Wildman–Crippen LogP) is 2.02. The molecule has 0 radical (unpaired) electrons. The van der Waals surface area contributed by atoms with Gasteiger partial charge in [0, 0.05) is 42.9 Å². The lowest BCUT2D eigenvalue weighted by atomic mass is 9.78. The zero-order valence-electron chi connectivity index (χ0n) is 17.4. The third-order valence-corrected chi connectivity index (χ3v) is 6.23. The number of carbonyl (C=O) groups is 1. The fourth-order valence-electron chi connectivity index (χ4n) is 4.91. The van der Waals surface area contributed by atoms with Crippen molar-refractivity contribution in [2.75, 3.05) is 13.1 Å². The van der Waals surface area contributed by atoms with Crippen LogP contribution in [0.3, 0.4) is 0 Å². The van der Waals surface area contributed by atoms with Gasteiger partial charge >= 0.3 is 0 Å². The standard InChI is InChI=1S/C23H25N5O3/c1-15-9-25-18(10-24-15)11-26-23(30)22-17-8-16(20-5-2-6-21(29)28(20)22)12-27(13-17)14-19-4-3-7-31-19/h2-7,9-10,16-17,22H,8,11-14H2,1H3,(H,26,30)/t16-,17+,22+/m0/s1. The van der Waals surface area contributed by atoms with Gasteiger partial charge in [0.15, 0.2) is 0 Å². The van der Waals surface area contributed by atoms with Crippen molar-refractivity contribution in [1.82, 2.24) is 24.8 Å². The van der Waals surface area contributed by atoms with E-state index in [0.29, 0.717) is 12.2 Å². The average molecular weight is 419 g/mol. The summed E-state index contributed by atoms with van der Waals surface area (Å²) in [4.78, 5) is 37.0. The highest BCUT2D eigenvalue weighted by molar-refractivity contribution is 5.81. The minimum Gasteiger partial charge on any atom is -0.468 e. The minimum absolute atomic E-state index is 0.0467. The molecule has 3 atom stereocenters. The molecule has 1 fully saturated rings. The van der Waals surface area contributed by atoms with E-state index in [0.717, 1.165) is 36.7 Å². The number of nitrogens with zero attached hydrogens (tertiary/aromatic N) is 4. The first-order valence-electron chi connectivity index (χ1n) is 10.6. The van der Waals surface area contributed by atoms with E-state index in [1.54, 1.807) is 29.3 Å². The number of nitrogens with one attached hydrogen (secondary N) is 1. The highest BCUT2D eigenvalue weighted by Gasteiger charge is 2.43. The Balaban J connectivity index is 1.41. The fraction of sp³-hybridized carbons (Fsp3) is 0.391. The second kappa shape index (κ2) is 8.11. The number of aromatic nitrogens is 3. The van der Waals surface area contributed by atoms with E-state index in [1.165, 1.54) is 6.07 Å². The topological polar surface area (TPSA) is 93.3 Å². The molecule has 1 amide bonds. The van der Waals surface area contributed by atoms with Crippen LogP contribution < -0.4 is 10.9 Å². The maximum atomic E-state index is 13.3. The summed E-state index contributed by atoms with van der Waals surface area (Å²) in [6.07, 6.45) is 5.91. The maximum Gasteiger partial charge on any atom is 0.251 e. The highest BCUT2D eigenvalue weighted by Crippen LogP contribution is 2.41. The Morgan fingerprint density at radius 3 is 2.87 bits per heavy atom. The predicted molar refractivity (Wildman–Crippen MR) is 113 cm³/mol. The Morgan fingerprint density at radius 2 is 2.10 bits per heavy atom. The Hall–Kier alpha value is -3.26. The van der Waals surface area contributed by atoms with E-state index >= 15 is 0 Å². The van der Waals surface area contributed by atoms with Crippen molar-refractivity contribution in [2.45, 2.75) is 38.4 Å². The van der Waals surface area contributed by atoms with Crippen LogP contribution in [-0.2, 0) is 17.9 Å². The molecule has 0 saturated carbocycles. The molecule has 31 heavy (non-hydrogen) atoms. The lowest BCUT2D eigenvalue weighted by Crippen LogP contribution is -2.53. The van der Waals surface area contributed by atoms with Gasteiger partial charge in [0.2, 0.25) is 5.91 Å². The first kappa shape index (κ1) is 19.7. The molecule has 8 heteroatoms. The molecule has 160 valence electrons. The first-order chi connectivity index (χ1) is 15.1. The number of aryl methyl sites for hydroxylation is 1. The van der Waals surface area contributed by atoms with Crippen LogP contribution in [0.1, 0.15) is 41.2 Å². The largest absolute Gasteiger partial charge is 0.468 e. The van der Waals surface area contributed by atoms with Crippen LogP contribution in [-0.4, -0.2) is 38.4 Å². The molecule has 2 bridgehead atoms. The van der Waals surface area contributed by atoms with Crippen molar-refractivity contribution >= 4 is 5.91 Å². The van der Waals surface area contributed by atoms with Gasteiger partial charge in [-0.05, 0) is 31.5 Å². The van der Waals surface area contributed by atoms with Gasteiger partial charge in [-0.25, -0.2) is 0 Å². The molecule has 2 aliphatic heterocycles. The monoisotopic (exact) mass is 419 g/mol. The van der Waals surface area contributed by atoms with E-state index in [4.69, 9.17) is 4.42 Å². The maximum absolute atomic E-state index is 13.3. The summed E-state index contributed by atoms with van der Waals surface area (Å²) < 4.78 is 7.24. The summed E-state index contributed by atoms with van der Waals surface area (Å²) in [5.74, 6) is 1.02. The SMILES string of the molecule is Cc1cnc(CNC(=O)[C@H]2[C@@H]3C[C@@H](CN(Cc4ccco4)C3)c3cccc(=O)n32)cn1. The van der Waals surface area contributed by atoms with Gasteiger partial charge in [0.1, 0.15) is 11.8 Å². The van der Waals surface area contributed by atoms with Crippen molar-refractivity contribution in [3.63, 3.8) is 0 Å². The van der Waals surface area contributed by atoms with Gasteiger partial charge in [-0.1, -0.05) is 6.07 Å². The molecule has 3 aromatic rings. The molecule has 2 aliphatic rings. The van der Waals surface area contributed by atoms with Crippen LogP contribution in [0, 0.1) is 12.8 Å². The second-order valence-corrected chi connectivity index (χ2v) is 8.44. The van der Waals surface area contributed by atoms with Crippen molar-refractivity contribution in [3.8, 4) is 0 Å². The van der Waals surface area contributed by atoms with Gasteiger partial charge in [-0.2, -0.15) is 0 Å². The molecule has 5 rings (SSSR count).